The Morgan fingerprint density at radius 3 is 1.64 bits per heavy atom. The quantitative estimate of drug-likeness (QED) is 0.139. The van der Waals surface area contributed by atoms with E-state index in [1.807, 2.05) is 91.9 Å². The van der Waals surface area contributed by atoms with Gasteiger partial charge in [0, 0.05) is 39.6 Å². The van der Waals surface area contributed by atoms with Gasteiger partial charge in [0.25, 0.3) is 0 Å². The molecule has 3 atom stereocenters. The fraction of sp³-hybridized carbons (Fsp3) is 0.304. The second kappa shape index (κ2) is 15.3. The first-order chi connectivity index (χ1) is 26.8. The number of aliphatic hydroxyl groups is 1. The molecule has 9 nitrogen and oxygen atoms in total. The van der Waals surface area contributed by atoms with Crippen LogP contribution in [0, 0.1) is 0 Å². The van der Waals surface area contributed by atoms with E-state index in [9.17, 15) is 5.11 Å². The minimum atomic E-state index is -0.996. The first-order valence-corrected chi connectivity index (χ1v) is 18.6. The molecular weight excluding hydrogens is 696 g/mol. The predicted octanol–water partition coefficient (Wildman–Crippen LogP) is 9.27. The number of rotatable bonds is 11. The van der Waals surface area contributed by atoms with Crippen molar-refractivity contribution in [3.63, 3.8) is 0 Å². The van der Waals surface area contributed by atoms with Crippen LogP contribution in [0.15, 0.2) is 84.9 Å². The molecule has 0 amide bonds. The number of hydrogen-bond acceptors (Lipinski definition) is 9. The van der Waals surface area contributed by atoms with Gasteiger partial charge in [0.15, 0.2) is 0 Å². The van der Waals surface area contributed by atoms with E-state index >= 15 is 0 Å². The molecule has 2 aliphatic heterocycles. The van der Waals surface area contributed by atoms with Crippen molar-refractivity contribution < 1.29 is 43.0 Å². The van der Waals surface area contributed by atoms with Gasteiger partial charge in [0.05, 0.1) is 64.6 Å². The van der Waals surface area contributed by atoms with Crippen molar-refractivity contribution in [3.8, 4) is 45.6 Å². The van der Waals surface area contributed by atoms with Gasteiger partial charge in [-0.15, -0.1) is 0 Å². The van der Waals surface area contributed by atoms with Crippen LogP contribution in [0.3, 0.4) is 0 Å². The van der Waals surface area contributed by atoms with E-state index in [1.54, 1.807) is 28.4 Å². The van der Waals surface area contributed by atoms with Crippen LogP contribution in [0.1, 0.15) is 53.3 Å². The normalized spacial score (nSPS) is 17.7. The molecule has 2 heterocycles. The van der Waals surface area contributed by atoms with Gasteiger partial charge in [0.1, 0.15) is 53.8 Å². The van der Waals surface area contributed by atoms with Gasteiger partial charge in [0.2, 0.25) is 0 Å². The molecular formula is C46H46O9. The third-order valence-corrected chi connectivity index (χ3v) is 10.8. The fourth-order valence-corrected chi connectivity index (χ4v) is 8.06. The van der Waals surface area contributed by atoms with Crippen molar-refractivity contribution in [3.05, 3.63) is 118 Å². The molecule has 0 spiro atoms. The smallest absolute Gasteiger partial charge is 0.137 e. The lowest BCUT2D eigenvalue weighted by molar-refractivity contribution is -0.0529. The summed E-state index contributed by atoms with van der Waals surface area (Å²) in [6.07, 6.45) is -0.998. The van der Waals surface area contributed by atoms with Crippen LogP contribution in [0.25, 0.3) is 32.7 Å². The summed E-state index contributed by atoms with van der Waals surface area (Å²) in [5, 5.41) is 15.5. The summed E-state index contributed by atoms with van der Waals surface area (Å²) in [6, 6.07) is 27.9. The zero-order chi connectivity index (χ0) is 38.2. The lowest BCUT2D eigenvalue weighted by Crippen LogP contribution is -2.27. The minimum Gasteiger partial charge on any atom is -0.497 e. The number of fused-ring (bicyclic) bond motifs is 4. The summed E-state index contributed by atoms with van der Waals surface area (Å²) in [5.41, 5.74) is 7.26. The highest BCUT2D eigenvalue weighted by Gasteiger charge is 2.38. The summed E-state index contributed by atoms with van der Waals surface area (Å²) in [4.78, 5) is 0. The number of ether oxygens (including phenoxy) is 8. The first kappa shape index (κ1) is 36.5. The van der Waals surface area contributed by atoms with E-state index in [4.69, 9.17) is 37.9 Å². The van der Waals surface area contributed by atoms with E-state index in [0.29, 0.717) is 60.7 Å². The van der Waals surface area contributed by atoms with Crippen LogP contribution in [0.2, 0.25) is 0 Å². The standard InChI is InChI=1S/C46H46O9/c1-26-17-32-35(24-52-26)45(54-22-28-13-9-7-10-14-28)40-33(18-30(48-3)20-37(40)50-5)39(32)42-34-19-31(49-4)21-38(51-6)41(34)46(55-23-29-15-11-8-12-16-29)36-25-53-27(2)44(47)43(36)42/h7-16,18-21,26-27,44,47H,17,22-25H2,1-6H3/t26-,27-,44-/m0/s1. The number of aliphatic hydroxyl groups excluding tert-OH is 1. The van der Waals surface area contributed by atoms with E-state index < -0.39 is 12.2 Å². The summed E-state index contributed by atoms with van der Waals surface area (Å²) in [6.45, 7) is 5.18. The number of hydrogen-bond donors (Lipinski definition) is 1. The molecule has 1 N–H and O–H groups in total. The molecule has 9 heteroatoms. The van der Waals surface area contributed by atoms with Crippen molar-refractivity contribution in [1.82, 2.24) is 0 Å². The third-order valence-electron chi connectivity index (χ3n) is 10.8. The van der Waals surface area contributed by atoms with Crippen LogP contribution in [-0.4, -0.2) is 45.8 Å². The maximum Gasteiger partial charge on any atom is 0.137 e. The maximum absolute atomic E-state index is 12.3. The molecule has 8 rings (SSSR count). The van der Waals surface area contributed by atoms with Gasteiger partial charge >= 0.3 is 0 Å². The lowest BCUT2D eigenvalue weighted by Gasteiger charge is -2.35. The SMILES string of the molecule is COc1cc(OC)c2c(OCc3ccccc3)c3c(c(-c4c5c(c(OCc6ccccc6)c6c(OC)cc(OC)cc46)CO[C@@H](C)[C@@H]5O)c2c1)C[C@H](C)OC3. The van der Waals surface area contributed by atoms with Crippen LogP contribution >= 0.6 is 0 Å². The zero-order valence-corrected chi connectivity index (χ0v) is 32.1. The van der Waals surface area contributed by atoms with Crippen molar-refractivity contribution in [2.24, 2.45) is 0 Å². The van der Waals surface area contributed by atoms with Gasteiger partial charge < -0.3 is 43.0 Å². The molecule has 284 valence electrons. The average Bonchev–Trinajstić information content (AvgIpc) is 3.22. The number of benzene rings is 6. The van der Waals surface area contributed by atoms with Crippen molar-refractivity contribution in [1.29, 1.82) is 0 Å². The van der Waals surface area contributed by atoms with Crippen LogP contribution in [0.4, 0.5) is 0 Å². The molecule has 0 aliphatic carbocycles. The maximum atomic E-state index is 12.3. The van der Waals surface area contributed by atoms with Gasteiger partial charge in [-0.3, -0.25) is 0 Å². The van der Waals surface area contributed by atoms with Gasteiger partial charge in [-0.1, -0.05) is 60.7 Å². The highest BCUT2D eigenvalue weighted by Crippen LogP contribution is 2.56. The molecule has 0 saturated carbocycles. The van der Waals surface area contributed by atoms with Crippen LogP contribution < -0.4 is 28.4 Å². The molecule has 0 aromatic heterocycles. The third kappa shape index (κ3) is 6.56. The Bertz CT molecular complexity index is 2360. The van der Waals surface area contributed by atoms with Gasteiger partial charge in [-0.05, 0) is 60.2 Å². The zero-order valence-electron chi connectivity index (χ0n) is 32.1. The molecule has 0 radical (unpaired) electrons. The Kier molecular flexibility index (Phi) is 10.2. The summed E-state index contributed by atoms with van der Waals surface area (Å²) in [5.74, 6) is 3.67. The van der Waals surface area contributed by atoms with Crippen LogP contribution in [0.5, 0.6) is 34.5 Å². The van der Waals surface area contributed by atoms with Gasteiger partial charge in [-0.2, -0.15) is 0 Å². The van der Waals surface area contributed by atoms with Crippen molar-refractivity contribution >= 4 is 21.5 Å². The molecule has 2 aliphatic rings. The van der Waals surface area contributed by atoms with E-state index in [2.05, 4.69) is 6.92 Å². The summed E-state index contributed by atoms with van der Waals surface area (Å²) < 4.78 is 50.4. The van der Waals surface area contributed by atoms with E-state index in [0.717, 1.165) is 66.1 Å². The predicted molar refractivity (Wildman–Crippen MR) is 212 cm³/mol. The number of methoxy groups -OCH3 is 4. The average molecular weight is 743 g/mol. The first-order valence-electron chi connectivity index (χ1n) is 18.6. The van der Waals surface area contributed by atoms with Crippen molar-refractivity contribution in [2.75, 3.05) is 28.4 Å². The summed E-state index contributed by atoms with van der Waals surface area (Å²) >= 11 is 0. The molecule has 0 unspecified atom stereocenters. The van der Waals surface area contributed by atoms with Gasteiger partial charge in [-0.25, -0.2) is 0 Å². The van der Waals surface area contributed by atoms with Crippen molar-refractivity contribution in [2.45, 2.75) is 65.0 Å². The Balaban J connectivity index is 1.53. The molecule has 0 bridgehead atoms. The Labute approximate surface area is 321 Å². The lowest BCUT2D eigenvalue weighted by atomic mass is 9.78. The monoisotopic (exact) mass is 742 g/mol. The molecule has 6 aromatic carbocycles. The Morgan fingerprint density at radius 2 is 1.11 bits per heavy atom. The summed E-state index contributed by atoms with van der Waals surface area (Å²) in [7, 11) is 6.59. The highest BCUT2D eigenvalue weighted by atomic mass is 16.5. The Morgan fingerprint density at radius 1 is 0.600 bits per heavy atom. The highest BCUT2D eigenvalue weighted by molar-refractivity contribution is 6.15. The minimum absolute atomic E-state index is 0.0926. The molecule has 0 fully saturated rings. The molecule has 0 saturated heterocycles. The largest absolute Gasteiger partial charge is 0.497 e. The second-order valence-corrected chi connectivity index (χ2v) is 14.1. The van der Waals surface area contributed by atoms with Crippen LogP contribution in [-0.2, 0) is 42.3 Å². The topological polar surface area (TPSA) is 94.1 Å². The second-order valence-electron chi connectivity index (χ2n) is 14.1. The Hall–Kier alpha value is -5.48. The molecule has 6 aromatic rings. The van der Waals surface area contributed by atoms with E-state index in [-0.39, 0.29) is 12.7 Å². The van der Waals surface area contributed by atoms with E-state index in [1.165, 1.54) is 0 Å². The fourth-order valence-electron chi connectivity index (χ4n) is 8.06. The molecule has 55 heavy (non-hydrogen) atoms.